The summed E-state index contributed by atoms with van der Waals surface area (Å²) in [4.78, 5) is 52.7. The maximum Gasteiger partial charge on any atom is 0.408 e. The molecule has 0 bridgehead atoms. The molecule has 0 aromatic heterocycles. The maximum absolute atomic E-state index is 13.3. The molecule has 3 rings (SSSR count). The number of nitrogens with one attached hydrogen (secondary N) is 3. The predicted octanol–water partition coefficient (Wildman–Crippen LogP) is 0.983. The molecule has 8 N–H and O–H groups in total. The molecule has 13 heteroatoms. The molecule has 1 saturated heterocycles. The van der Waals surface area contributed by atoms with Crippen molar-refractivity contribution >= 4 is 36.2 Å². The van der Waals surface area contributed by atoms with Gasteiger partial charge in [0.2, 0.25) is 17.7 Å². The summed E-state index contributed by atoms with van der Waals surface area (Å²) in [6.45, 7) is 6.44. The highest BCUT2D eigenvalue weighted by atomic mass is 35.5. The molecule has 1 fully saturated rings. The van der Waals surface area contributed by atoms with Gasteiger partial charge in [0, 0.05) is 24.7 Å². The van der Waals surface area contributed by atoms with E-state index in [9.17, 15) is 24.3 Å². The van der Waals surface area contributed by atoms with Gasteiger partial charge in [-0.2, -0.15) is 0 Å². The van der Waals surface area contributed by atoms with Crippen molar-refractivity contribution in [3.63, 3.8) is 0 Å². The highest BCUT2D eigenvalue weighted by Crippen LogP contribution is 2.26. The van der Waals surface area contributed by atoms with Gasteiger partial charge in [0.25, 0.3) is 0 Å². The van der Waals surface area contributed by atoms with Crippen LogP contribution in [-0.2, 0) is 32.1 Å². The van der Waals surface area contributed by atoms with Gasteiger partial charge in [-0.3, -0.25) is 19.3 Å². The van der Waals surface area contributed by atoms with Crippen molar-refractivity contribution in [1.29, 1.82) is 0 Å². The summed E-state index contributed by atoms with van der Waals surface area (Å²) < 4.78 is 5.20. The number of carbonyl (C=O) groups excluding carboxylic acids is 4. The Morgan fingerprint density at radius 3 is 2.16 bits per heavy atom. The number of primary amides is 1. The van der Waals surface area contributed by atoms with Crippen LogP contribution in [-0.4, -0.2) is 82.7 Å². The van der Waals surface area contributed by atoms with E-state index >= 15 is 0 Å². The molecule has 242 valence electrons. The van der Waals surface area contributed by atoms with Gasteiger partial charge in [0.15, 0.2) is 0 Å². The molecule has 0 saturated carbocycles. The van der Waals surface area contributed by atoms with Crippen LogP contribution < -0.4 is 27.4 Å². The number of likely N-dealkylation sites (tertiary alicyclic amines) is 1. The second-order valence-electron chi connectivity index (χ2n) is 11.9. The average Bonchev–Trinajstić information content (AvgIpc) is 3.37. The Bertz CT molecular complexity index is 1230. The van der Waals surface area contributed by atoms with E-state index in [2.05, 4.69) is 16.0 Å². The van der Waals surface area contributed by atoms with Crippen LogP contribution in [0.5, 0.6) is 0 Å². The summed E-state index contributed by atoms with van der Waals surface area (Å²) in [5.41, 5.74) is 12.8. The molecule has 1 heterocycles. The summed E-state index contributed by atoms with van der Waals surface area (Å²) in [7, 11) is 0. The molecule has 2 aromatic rings. The fourth-order valence-corrected chi connectivity index (χ4v) is 5.08. The Labute approximate surface area is 264 Å². The highest BCUT2D eigenvalue weighted by molar-refractivity contribution is 5.90. The molecule has 1 aliphatic heterocycles. The molecule has 0 spiro atoms. The van der Waals surface area contributed by atoms with Gasteiger partial charge < -0.3 is 37.3 Å². The summed E-state index contributed by atoms with van der Waals surface area (Å²) in [6, 6.07) is 15.3. The Balaban J connectivity index is 0.00000675. The van der Waals surface area contributed by atoms with Crippen molar-refractivity contribution in [1.82, 2.24) is 20.9 Å². The van der Waals surface area contributed by atoms with Gasteiger partial charge in [-0.1, -0.05) is 60.7 Å². The number of nitrogens with zero attached hydrogens (tertiary/aromatic N) is 1. The average molecular weight is 633 g/mol. The standard InChI is InChI=1S/C31H44N6O6.ClH/c1-31(2,3)37-18-22(32)15-25(37)29(41)34-17-26(38)23(14-20-10-6-4-7-11-20)35-28(40)24(16-27(33)39)36-30(42)43-19-21-12-8-5-9-13-21;/h4-13,22-26,38H,14-19,32H2,1-3H3,(H2,33,39)(H,34,41)(H,35,40)(H,36,42);1H/t22-,23+,24+,25+,26-;/m1./s1. The van der Waals surface area contributed by atoms with E-state index in [0.29, 0.717) is 13.0 Å². The van der Waals surface area contributed by atoms with E-state index in [0.717, 1.165) is 11.1 Å². The van der Waals surface area contributed by atoms with E-state index in [-0.39, 0.29) is 49.5 Å². The Morgan fingerprint density at radius 2 is 1.59 bits per heavy atom. The molecule has 44 heavy (non-hydrogen) atoms. The van der Waals surface area contributed by atoms with Crippen LogP contribution in [0, 0.1) is 0 Å². The van der Waals surface area contributed by atoms with E-state index in [1.165, 1.54) is 0 Å². The zero-order valence-electron chi connectivity index (χ0n) is 25.4. The van der Waals surface area contributed by atoms with Gasteiger partial charge in [0.1, 0.15) is 12.6 Å². The first-order chi connectivity index (χ1) is 20.3. The molecule has 12 nitrogen and oxygen atoms in total. The number of hydrogen-bond donors (Lipinski definition) is 6. The molecule has 2 aromatic carbocycles. The number of aliphatic hydroxyl groups excluding tert-OH is 1. The highest BCUT2D eigenvalue weighted by Gasteiger charge is 2.41. The molecule has 0 radical (unpaired) electrons. The fourth-order valence-electron chi connectivity index (χ4n) is 5.08. The topological polar surface area (TPSA) is 189 Å². The monoisotopic (exact) mass is 632 g/mol. The zero-order valence-corrected chi connectivity index (χ0v) is 26.2. The lowest BCUT2D eigenvalue weighted by atomic mass is 10.00. The molecule has 5 atom stereocenters. The minimum atomic E-state index is -1.35. The van der Waals surface area contributed by atoms with Crippen molar-refractivity contribution in [2.24, 2.45) is 11.5 Å². The first kappa shape index (κ1) is 36.5. The minimum absolute atomic E-state index is 0. The third-order valence-electron chi connectivity index (χ3n) is 7.30. The van der Waals surface area contributed by atoms with Crippen LogP contribution in [0.4, 0.5) is 4.79 Å². The van der Waals surface area contributed by atoms with E-state index < -0.39 is 48.6 Å². The number of hydrogen-bond acceptors (Lipinski definition) is 8. The van der Waals surface area contributed by atoms with Crippen molar-refractivity contribution in [3.05, 3.63) is 71.8 Å². The zero-order chi connectivity index (χ0) is 31.6. The summed E-state index contributed by atoms with van der Waals surface area (Å²) >= 11 is 0. The van der Waals surface area contributed by atoms with Gasteiger partial charge >= 0.3 is 6.09 Å². The number of ether oxygens (including phenoxy) is 1. The summed E-state index contributed by atoms with van der Waals surface area (Å²) in [6.07, 6.45) is -1.89. The Hall–Kier alpha value is -3.71. The van der Waals surface area contributed by atoms with E-state index in [1.807, 2.05) is 62.1 Å². The van der Waals surface area contributed by atoms with Crippen molar-refractivity contribution in [2.75, 3.05) is 13.1 Å². The van der Waals surface area contributed by atoms with Crippen LogP contribution >= 0.6 is 12.4 Å². The first-order valence-corrected chi connectivity index (χ1v) is 14.4. The lowest BCUT2D eigenvalue weighted by molar-refractivity contribution is -0.128. The van der Waals surface area contributed by atoms with Gasteiger partial charge in [-0.05, 0) is 44.7 Å². The van der Waals surface area contributed by atoms with Crippen LogP contribution in [0.3, 0.4) is 0 Å². The molecule has 1 aliphatic rings. The van der Waals surface area contributed by atoms with Gasteiger partial charge in [0.05, 0.1) is 24.6 Å². The van der Waals surface area contributed by atoms with Crippen molar-refractivity contribution in [2.45, 2.75) is 82.5 Å². The van der Waals surface area contributed by atoms with Crippen LogP contribution in [0.1, 0.15) is 44.7 Å². The van der Waals surface area contributed by atoms with Crippen LogP contribution in [0.15, 0.2) is 60.7 Å². The third-order valence-corrected chi connectivity index (χ3v) is 7.30. The predicted molar refractivity (Wildman–Crippen MR) is 169 cm³/mol. The van der Waals surface area contributed by atoms with Gasteiger partial charge in [-0.15, -0.1) is 12.4 Å². The second-order valence-corrected chi connectivity index (χ2v) is 11.9. The second kappa shape index (κ2) is 17.0. The number of benzene rings is 2. The minimum Gasteiger partial charge on any atom is -0.445 e. The molecule has 0 aliphatic carbocycles. The van der Waals surface area contributed by atoms with Gasteiger partial charge in [-0.25, -0.2) is 4.79 Å². The van der Waals surface area contributed by atoms with Crippen LogP contribution in [0.25, 0.3) is 0 Å². The smallest absolute Gasteiger partial charge is 0.408 e. The van der Waals surface area contributed by atoms with Crippen LogP contribution in [0.2, 0.25) is 0 Å². The van der Waals surface area contributed by atoms with Crippen molar-refractivity contribution < 1.29 is 29.0 Å². The number of amides is 4. The number of rotatable bonds is 13. The Kier molecular flexibility index (Phi) is 14.1. The lowest BCUT2D eigenvalue weighted by Crippen LogP contribution is -2.57. The first-order valence-electron chi connectivity index (χ1n) is 14.4. The molecule has 0 unspecified atom stereocenters. The lowest BCUT2D eigenvalue weighted by Gasteiger charge is -2.36. The number of halogens is 1. The number of alkyl carbamates (subject to hydrolysis) is 1. The third kappa shape index (κ3) is 11.4. The maximum atomic E-state index is 13.3. The SMILES string of the molecule is CC(C)(C)N1C[C@H](N)C[C@H]1C(=O)NC[C@@H](O)[C@H](Cc1ccccc1)NC(=O)[C@H](CC(N)=O)NC(=O)OCc1ccccc1.Cl. The Morgan fingerprint density at radius 1 is 1.00 bits per heavy atom. The summed E-state index contributed by atoms with van der Waals surface area (Å²) in [5.74, 6) is -1.81. The number of carbonyl (C=O) groups is 4. The van der Waals surface area contributed by atoms with E-state index in [1.54, 1.807) is 24.3 Å². The summed E-state index contributed by atoms with van der Waals surface area (Å²) in [5, 5.41) is 19.1. The quantitative estimate of drug-likeness (QED) is 0.188. The molecular formula is C31H45ClN6O6. The molecular weight excluding hydrogens is 588 g/mol. The number of aliphatic hydroxyl groups is 1. The largest absolute Gasteiger partial charge is 0.445 e. The van der Waals surface area contributed by atoms with Crippen molar-refractivity contribution in [3.8, 4) is 0 Å². The van der Waals surface area contributed by atoms with E-state index in [4.69, 9.17) is 16.2 Å². The molecule has 4 amide bonds. The number of nitrogens with two attached hydrogens (primary N) is 2. The fraction of sp³-hybridized carbons (Fsp3) is 0.484. The normalized spacial score (nSPS) is 18.7.